The van der Waals surface area contributed by atoms with E-state index in [1.807, 2.05) is 52.7 Å². The fourth-order valence-electron chi connectivity index (χ4n) is 2.95. The lowest BCUT2D eigenvalue weighted by molar-refractivity contribution is -0.142. The van der Waals surface area contributed by atoms with E-state index >= 15 is 0 Å². The molecule has 0 saturated heterocycles. The van der Waals surface area contributed by atoms with Gasteiger partial charge in [-0.15, -0.1) is 11.3 Å². The normalized spacial score (nSPS) is 13.4. The Balaban J connectivity index is 1.70. The Bertz CT molecular complexity index is 729. The van der Waals surface area contributed by atoms with Crippen LogP contribution in [0.25, 0.3) is 0 Å². The summed E-state index contributed by atoms with van der Waals surface area (Å²) in [5.74, 6) is 0.142. The second-order valence-corrected chi connectivity index (χ2v) is 7.87. The number of benzene rings is 1. The summed E-state index contributed by atoms with van der Waals surface area (Å²) in [6, 6.07) is 14.0. The minimum absolute atomic E-state index is 0.0302. The van der Waals surface area contributed by atoms with E-state index in [-0.39, 0.29) is 24.3 Å². The van der Waals surface area contributed by atoms with Crippen LogP contribution in [0, 0.1) is 5.92 Å². The van der Waals surface area contributed by atoms with Crippen molar-refractivity contribution in [1.82, 2.24) is 9.80 Å². The van der Waals surface area contributed by atoms with Crippen LogP contribution in [0.4, 0.5) is 0 Å². The maximum Gasteiger partial charge on any atom is 0.242 e. The maximum absolute atomic E-state index is 13.1. The molecule has 2 aromatic rings. The van der Waals surface area contributed by atoms with Crippen LogP contribution in [-0.4, -0.2) is 48.4 Å². The van der Waals surface area contributed by atoms with Gasteiger partial charge in [0.15, 0.2) is 0 Å². The first-order valence-electron chi connectivity index (χ1n) is 9.29. The summed E-state index contributed by atoms with van der Waals surface area (Å²) in [6.07, 6.45) is 1.86. The third kappa shape index (κ3) is 5.91. The van der Waals surface area contributed by atoms with Gasteiger partial charge in [0.1, 0.15) is 0 Å². The number of carbonyl (C=O) groups is 2. The van der Waals surface area contributed by atoms with Crippen LogP contribution in [-0.2, 0) is 27.4 Å². The van der Waals surface area contributed by atoms with Gasteiger partial charge in [0.2, 0.25) is 11.8 Å². The van der Waals surface area contributed by atoms with E-state index in [1.165, 1.54) is 0 Å². The summed E-state index contributed by atoms with van der Waals surface area (Å²) in [6.45, 7) is 2.09. The van der Waals surface area contributed by atoms with Gasteiger partial charge in [0.25, 0.3) is 0 Å². The summed E-state index contributed by atoms with van der Waals surface area (Å²) in [7, 11) is 1.61. The highest BCUT2D eigenvalue weighted by atomic mass is 32.1. The molecule has 2 amide bonds. The predicted octanol–water partition coefficient (Wildman–Crippen LogP) is 3.16. The Morgan fingerprint density at radius 2 is 1.85 bits per heavy atom. The second-order valence-electron chi connectivity index (χ2n) is 6.84. The molecule has 0 bridgehead atoms. The highest BCUT2D eigenvalue weighted by molar-refractivity contribution is 7.09. The fraction of sp³-hybridized carbons (Fsp3) is 0.429. The molecule has 1 aliphatic carbocycles. The molecule has 3 rings (SSSR count). The standard InChI is InChI=1S/C21H26N2O3S/c1-26-12-11-22(21(25)18-9-10-18)16-20(24)23(15-19-8-5-13-27-19)14-17-6-3-2-4-7-17/h2-8,13,18H,9-12,14-16H2,1H3. The molecule has 1 aliphatic rings. The van der Waals surface area contributed by atoms with Crippen molar-refractivity contribution in [3.8, 4) is 0 Å². The molecule has 0 radical (unpaired) electrons. The van der Waals surface area contributed by atoms with Gasteiger partial charge < -0.3 is 14.5 Å². The number of hydrogen-bond acceptors (Lipinski definition) is 4. The van der Waals surface area contributed by atoms with Gasteiger partial charge in [0, 0.05) is 31.0 Å². The predicted molar refractivity (Wildman–Crippen MR) is 106 cm³/mol. The van der Waals surface area contributed by atoms with Gasteiger partial charge >= 0.3 is 0 Å². The van der Waals surface area contributed by atoms with Gasteiger partial charge in [-0.25, -0.2) is 0 Å². The van der Waals surface area contributed by atoms with Crippen molar-refractivity contribution in [2.45, 2.75) is 25.9 Å². The van der Waals surface area contributed by atoms with Crippen molar-refractivity contribution >= 4 is 23.2 Å². The number of nitrogens with zero attached hydrogens (tertiary/aromatic N) is 2. The molecule has 1 heterocycles. The lowest BCUT2D eigenvalue weighted by Crippen LogP contribution is -2.44. The van der Waals surface area contributed by atoms with Gasteiger partial charge in [-0.05, 0) is 29.9 Å². The lowest BCUT2D eigenvalue weighted by Gasteiger charge is -2.27. The summed E-state index contributed by atoms with van der Waals surface area (Å²) in [5.41, 5.74) is 1.08. The first-order chi connectivity index (χ1) is 13.2. The van der Waals surface area contributed by atoms with E-state index in [1.54, 1.807) is 23.3 Å². The summed E-state index contributed by atoms with van der Waals surface area (Å²) >= 11 is 1.64. The average molecular weight is 387 g/mol. The molecule has 1 fully saturated rings. The molecular formula is C21H26N2O3S. The third-order valence-corrected chi connectivity index (χ3v) is 5.49. The molecule has 0 N–H and O–H groups in total. The molecule has 1 saturated carbocycles. The first kappa shape index (κ1) is 19.6. The number of methoxy groups -OCH3 is 1. The minimum atomic E-state index is -0.0302. The molecule has 144 valence electrons. The zero-order chi connectivity index (χ0) is 19.1. The molecular weight excluding hydrogens is 360 g/mol. The third-order valence-electron chi connectivity index (χ3n) is 4.63. The van der Waals surface area contributed by atoms with Crippen LogP contribution in [0.1, 0.15) is 23.3 Å². The highest BCUT2D eigenvalue weighted by Crippen LogP contribution is 2.31. The number of thiophene rings is 1. The fourth-order valence-corrected chi connectivity index (χ4v) is 3.67. The lowest BCUT2D eigenvalue weighted by atomic mass is 10.2. The van der Waals surface area contributed by atoms with Crippen molar-refractivity contribution in [2.24, 2.45) is 5.92 Å². The van der Waals surface area contributed by atoms with E-state index in [0.29, 0.717) is 26.2 Å². The number of amides is 2. The Morgan fingerprint density at radius 3 is 2.48 bits per heavy atom. The van der Waals surface area contributed by atoms with E-state index in [2.05, 4.69) is 0 Å². The molecule has 5 nitrogen and oxygen atoms in total. The molecule has 0 unspecified atom stereocenters. The van der Waals surface area contributed by atoms with Crippen LogP contribution in [0.2, 0.25) is 0 Å². The number of carbonyl (C=O) groups excluding carboxylic acids is 2. The summed E-state index contributed by atoms with van der Waals surface area (Å²) in [5, 5.41) is 2.02. The number of rotatable bonds is 10. The topological polar surface area (TPSA) is 49.9 Å². The van der Waals surface area contributed by atoms with Gasteiger partial charge in [0.05, 0.1) is 19.7 Å². The van der Waals surface area contributed by atoms with Crippen LogP contribution in [0.3, 0.4) is 0 Å². The molecule has 1 aromatic heterocycles. The molecule has 1 aromatic carbocycles. The van der Waals surface area contributed by atoms with E-state index in [9.17, 15) is 9.59 Å². The molecule has 27 heavy (non-hydrogen) atoms. The van der Waals surface area contributed by atoms with Gasteiger partial charge in [-0.1, -0.05) is 36.4 Å². The van der Waals surface area contributed by atoms with Crippen LogP contribution < -0.4 is 0 Å². The second kappa shape index (κ2) is 9.67. The van der Waals surface area contributed by atoms with Gasteiger partial charge in [-0.3, -0.25) is 9.59 Å². The molecule has 0 atom stereocenters. The first-order valence-corrected chi connectivity index (χ1v) is 10.2. The minimum Gasteiger partial charge on any atom is -0.383 e. The van der Waals surface area contributed by atoms with Crippen molar-refractivity contribution in [2.75, 3.05) is 26.8 Å². The zero-order valence-electron chi connectivity index (χ0n) is 15.7. The monoisotopic (exact) mass is 386 g/mol. The average Bonchev–Trinajstić information content (AvgIpc) is 3.41. The van der Waals surface area contributed by atoms with Crippen LogP contribution in [0.5, 0.6) is 0 Å². The quantitative estimate of drug-likeness (QED) is 0.630. The van der Waals surface area contributed by atoms with E-state index in [0.717, 1.165) is 23.3 Å². The molecule has 0 aliphatic heterocycles. The zero-order valence-corrected chi connectivity index (χ0v) is 16.5. The Morgan fingerprint density at radius 1 is 1.07 bits per heavy atom. The van der Waals surface area contributed by atoms with Gasteiger partial charge in [-0.2, -0.15) is 0 Å². The van der Waals surface area contributed by atoms with Crippen molar-refractivity contribution < 1.29 is 14.3 Å². The van der Waals surface area contributed by atoms with E-state index in [4.69, 9.17) is 4.74 Å². The van der Waals surface area contributed by atoms with Crippen molar-refractivity contribution in [3.05, 3.63) is 58.3 Å². The molecule has 6 heteroatoms. The summed E-state index contributed by atoms with van der Waals surface area (Å²) in [4.78, 5) is 30.3. The maximum atomic E-state index is 13.1. The highest BCUT2D eigenvalue weighted by Gasteiger charge is 2.34. The number of hydrogen-bond donors (Lipinski definition) is 0. The largest absolute Gasteiger partial charge is 0.383 e. The Labute approximate surface area is 164 Å². The van der Waals surface area contributed by atoms with Crippen LogP contribution >= 0.6 is 11.3 Å². The smallest absolute Gasteiger partial charge is 0.242 e. The van der Waals surface area contributed by atoms with Crippen molar-refractivity contribution in [3.63, 3.8) is 0 Å². The summed E-state index contributed by atoms with van der Waals surface area (Å²) < 4.78 is 5.13. The number of ether oxygens (including phenoxy) is 1. The van der Waals surface area contributed by atoms with Crippen molar-refractivity contribution in [1.29, 1.82) is 0 Å². The Hall–Kier alpha value is -2.18. The molecule has 0 spiro atoms. The SMILES string of the molecule is COCCN(CC(=O)N(Cc1ccccc1)Cc1cccs1)C(=O)C1CC1. The Kier molecular flexibility index (Phi) is 7.01. The van der Waals surface area contributed by atoms with E-state index < -0.39 is 0 Å². The van der Waals surface area contributed by atoms with Crippen LogP contribution in [0.15, 0.2) is 47.8 Å².